The van der Waals surface area contributed by atoms with Crippen LogP contribution in [-0.2, 0) is 28.0 Å². The Bertz CT molecular complexity index is 881. The van der Waals surface area contributed by atoms with E-state index in [2.05, 4.69) is 11.0 Å². The zero-order valence-electron chi connectivity index (χ0n) is 13.2. The Labute approximate surface area is 154 Å². The number of sulfone groups is 1. The van der Waals surface area contributed by atoms with E-state index in [1.807, 2.05) is 5.38 Å². The molecule has 0 radical (unpaired) electrons. The van der Waals surface area contributed by atoms with Crippen LogP contribution in [0.1, 0.15) is 16.0 Å². The average molecular weight is 404 g/mol. The number of hydrogen-bond acceptors (Lipinski definition) is 4. The maximum absolute atomic E-state index is 13.2. The summed E-state index contributed by atoms with van der Waals surface area (Å²) < 4.78 is 50.7. The first kappa shape index (κ1) is 18.5. The molecule has 0 bridgehead atoms. The minimum atomic E-state index is -3.56. The number of alkyl halides is 1. The number of thiophene rings is 1. The molecule has 0 atom stereocenters. The molecule has 3 rings (SSSR count). The van der Waals surface area contributed by atoms with Crippen LogP contribution in [0.5, 0.6) is 0 Å². The third-order valence-electron chi connectivity index (χ3n) is 3.73. The van der Waals surface area contributed by atoms with Crippen molar-refractivity contribution in [1.29, 1.82) is 0 Å². The van der Waals surface area contributed by atoms with Crippen molar-refractivity contribution >= 4 is 32.8 Å². The number of halogens is 3. The van der Waals surface area contributed by atoms with Crippen LogP contribution in [0.25, 0.3) is 0 Å². The van der Waals surface area contributed by atoms with Crippen molar-refractivity contribution in [2.75, 3.05) is 13.1 Å². The molecule has 0 spiro atoms. The zero-order chi connectivity index (χ0) is 18.0. The first-order valence-corrected chi connectivity index (χ1v) is 10.7. The van der Waals surface area contributed by atoms with Gasteiger partial charge in [-0.1, -0.05) is 0 Å². The van der Waals surface area contributed by atoms with Crippen LogP contribution in [0, 0.1) is 11.6 Å². The normalized spacial score (nSPS) is 15.2. The molecule has 1 aliphatic rings. The Morgan fingerprint density at radius 3 is 2.40 bits per heavy atom. The largest absolute Gasteiger partial charge is 0.290 e. The van der Waals surface area contributed by atoms with Gasteiger partial charge in [-0.2, -0.15) is 0 Å². The van der Waals surface area contributed by atoms with Gasteiger partial charge in [0.25, 0.3) is 0 Å². The van der Waals surface area contributed by atoms with Gasteiger partial charge in [0, 0.05) is 41.9 Å². The molecule has 0 unspecified atom stereocenters. The second kappa shape index (κ2) is 7.53. The quantitative estimate of drug-likeness (QED) is 0.682. The summed E-state index contributed by atoms with van der Waals surface area (Å²) in [4.78, 5) is 3.31. The van der Waals surface area contributed by atoms with Crippen LogP contribution in [0.3, 0.4) is 0 Å². The second-order valence-electron chi connectivity index (χ2n) is 6.06. The van der Waals surface area contributed by atoms with Gasteiger partial charge in [-0.15, -0.1) is 22.9 Å². The minimum Gasteiger partial charge on any atom is -0.290 e. The highest BCUT2D eigenvalue weighted by atomic mass is 35.5. The van der Waals surface area contributed by atoms with E-state index >= 15 is 0 Å². The lowest BCUT2D eigenvalue weighted by Gasteiger charge is -2.33. The fourth-order valence-corrected chi connectivity index (χ4v) is 5.28. The van der Waals surface area contributed by atoms with Gasteiger partial charge >= 0.3 is 0 Å². The average Bonchev–Trinajstić information content (AvgIpc) is 2.91. The summed E-state index contributed by atoms with van der Waals surface area (Å²) in [6, 6.07) is 4.85. The maximum atomic E-state index is 13.2. The lowest BCUT2D eigenvalue weighted by Crippen LogP contribution is -2.39. The minimum absolute atomic E-state index is 0.109. The number of likely N-dealkylation sites (tertiary alicyclic amines) is 1. The topological polar surface area (TPSA) is 37.4 Å². The second-order valence-corrected chi connectivity index (χ2v) is 9.17. The van der Waals surface area contributed by atoms with E-state index in [4.69, 9.17) is 11.6 Å². The van der Waals surface area contributed by atoms with Crippen molar-refractivity contribution < 1.29 is 17.2 Å². The fraction of sp³-hybridized carbons (Fsp3) is 0.294. The number of rotatable bonds is 6. The van der Waals surface area contributed by atoms with Gasteiger partial charge in [-0.05, 0) is 40.3 Å². The number of nitrogens with zero attached hydrogens (tertiary/aromatic N) is 1. The van der Waals surface area contributed by atoms with Crippen LogP contribution in [0.15, 0.2) is 40.6 Å². The van der Waals surface area contributed by atoms with Gasteiger partial charge in [-0.25, -0.2) is 17.2 Å². The van der Waals surface area contributed by atoms with Crippen LogP contribution in [-0.4, -0.2) is 26.4 Å². The van der Waals surface area contributed by atoms with E-state index in [-0.39, 0.29) is 5.56 Å². The molecule has 1 aliphatic heterocycles. The van der Waals surface area contributed by atoms with E-state index in [1.165, 1.54) is 10.3 Å². The summed E-state index contributed by atoms with van der Waals surface area (Å²) in [5, 5.41) is 3.24. The summed E-state index contributed by atoms with van der Waals surface area (Å²) >= 11 is 7.41. The van der Waals surface area contributed by atoms with Crippen LogP contribution < -0.4 is 0 Å². The van der Waals surface area contributed by atoms with Crippen LogP contribution in [0.4, 0.5) is 8.78 Å². The molecule has 2 heterocycles. The van der Waals surface area contributed by atoms with E-state index in [0.717, 1.165) is 35.9 Å². The monoisotopic (exact) mass is 403 g/mol. The molecule has 8 heteroatoms. The molecule has 1 aromatic heterocycles. The predicted octanol–water partition coefficient (Wildman–Crippen LogP) is 4.08. The highest BCUT2D eigenvalue weighted by molar-refractivity contribution is 7.93. The number of hydrogen-bond donors (Lipinski definition) is 0. The van der Waals surface area contributed by atoms with Crippen molar-refractivity contribution in [3.05, 3.63) is 68.3 Å². The Morgan fingerprint density at radius 2 is 1.80 bits per heavy atom. The van der Waals surface area contributed by atoms with Crippen LogP contribution in [0.2, 0.25) is 0 Å². The number of benzene rings is 1. The third kappa shape index (κ3) is 5.10. The van der Waals surface area contributed by atoms with Gasteiger partial charge in [0.1, 0.15) is 11.6 Å². The molecular weight excluding hydrogens is 388 g/mol. The first-order chi connectivity index (χ1) is 11.8. The molecule has 3 nitrogen and oxygen atoms in total. The fourth-order valence-electron chi connectivity index (χ4n) is 2.74. The van der Waals surface area contributed by atoms with Gasteiger partial charge in [0.15, 0.2) is 9.84 Å². The Hall–Kier alpha value is -1.28. The van der Waals surface area contributed by atoms with Gasteiger partial charge in [0.2, 0.25) is 0 Å². The Morgan fingerprint density at radius 1 is 1.12 bits per heavy atom. The summed E-state index contributed by atoms with van der Waals surface area (Å²) in [6.07, 6.45) is 0. The molecular formula is C17H16ClF2NO2S2. The lowest BCUT2D eigenvalue weighted by molar-refractivity contribution is 0.244. The highest BCUT2D eigenvalue weighted by Crippen LogP contribution is 2.24. The summed E-state index contributed by atoms with van der Waals surface area (Å²) in [7, 11) is -3.56. The Balaban J connectivity index is 1.58. The predicted molar refractivity (Wildman–Crippen MR) is 96.2 cm³/mol. The molecule has 0 N–H and O–H groups in total. The molecule has 1 fully saturated rings. The molecule has 0 amide bonds. The smallest absolute Gasteiger partial charge is 0.175 e. The van der Waals surface area contributed by atoms with Gasteiger partial charge < -0.3 is 0 Å². The molecule has 0 aliphatic carbocycles. The third-order valence-corrected chi connectivity index (χ3v) is 6.44. The lowest BCUT2D eigenvalue weighted by atomic mass is 10.1. The van der Waals surface area contributed by atoms with Crippen molar-refractivity contribution in [2.24, 2.45) is 0 Å². The van der Waals surface area contributed by atoms with E-state index in [0.29, 0.717) is 19.0 Å². The van der Waals surface area contributed by atoms with Crippen molar-refractivity contribution in [1.82, 2.24) is 4.90 Å². The van der Waals surface area contributed by atoms with Crippen molar-refractivity contribution in [3.8, 4) is 0 Å². The summed E-state index contributed by atoms with van der Waals surface area (Å²) in [5.41, 5.74) is 1.99. The molecule has 134 valence electrons. The standard InChI is InChI=1S/C17H16ClF2NO2S2/c18-5-13-3-17(24-9-13)8-21-6-14(7-21)11-25(22,23)10-12-1-15(19)4-16(20)2-12/h1-4,9,11H,5-8,10H2. The van der Waals surface area contributed by atoms with Gasteiger partial charge in [-0.3, -0.25) is 4.90 Å². The van der Waals surface area contributed by atoms with Gasteiger partial charge in [0.05, 0.1) is 5.75 Å². The van der Waals surface area contributed by atoms with E-state index in [1.54, 1.807) is 11.3 Å². The van der Waals surface area contributed by atoms with Crippen molar-refractivity contribution in [2.45, 2.75) is 18.2 Å². The maximum Gasteiger partial charge on any atom is 0.175 e. The molecule has 0 saturated carbocycles. The molecule has 1 saturated heterocycles. The van der Waals surface area contributed by atoms with E-state index in [9.17, 15) is 17.2 Å². The molecule has 1 aromatic carbocycles. The van der Waals surface area contributed by atoms with E-state index < -0.39 is 27.2 Å². The Kier molecular flexibility index (Phi) is 5.58. The van der Waals surface area contributed by atoms with Crippen molar-refractivity contribution in [3.63, 3.8) is 0 Å². The summed E-state index contributed by atoms with van der Waals surface area (Å²) in [6.45, 7) is 1.91. The molecule has 2 aromatic rings. The summed E-state index contributed by atoms with van der Waals surface area (Å²) in [5.74, 6) is -1.48. The highest BCUT2D eigenvalue weighted by Gasteiger charge is 2.23. The van der Waals surface area contributed by atoms with Crippen LogP contribution >= 0.6 is 22.9 Å². The molecule has 25 heavy (non-hydrogen) atoms. The zero-order valence-corrected chi connectivity index (χ0v) is 15.6. The first-order valence-electron chi connectivity index (χ1n) is 7.55. The SMILES string of the molecule is O=S(=O)(C=C1CN(Cc2cc(CCl)cs2)C1)Cc1cc(F)cc(F)c1.